The molecule has 0 spiro atoms. The Kier molecular flexibility index (Phi) is 5.29. The maximum absolute atomic E-state index is 13.2. The van der Waals surface area contributed by atoms with Crippen LogP contribution in [0.25, 0.3) is 0 Å². The summed E-state index contributed by atoms with van der Waals surface area (Å²) >= 11 is 3.15. The molecule has 2 aromatic rings. The molecule has 20 heavy (non-hydrogen) atoms. The molecular formula is C16H16BrFO2. The first kappa shape index (κ1) is 15.2. The molecule has 106 valence electrons. The monoisotopic (exact) mass is 338 g/mol. The number of rotatable bonds is 5. The molecule has 1 N–H and O–H groups in total. The quantitative estimate of drug-likeness (QED) is 0.896. The van der Waals surface area contributed by atoms with Gasteiger partial charge in [-0.25, -0.2) is 4.39 Å². The maximum Gasteiger partial charge on any atom is 0.137 e. The van der Waals surface area contributed by atoms with E-state index in [4.69, 9.17) is 4.74 Å². The number of aliphatic hydroxyl groups excluding tert-OH is 1. The van der Waals surface area contributed by atoms with E-state index in [1.807, 2.05) is 30.3 Å². The fourth-order valence-electron chi connectivity index (χ4n) is 2.17. The molecule has 4 heteroatoms. The van der Waals surface area contributed by atoms with Crippen molar-refractivity contribution in [2.75, 3.05) is 7.11 Å². The van der Waals surface area contributed by atoms with Crippen LogP contribution in [0.4, 0.5) is 4.39 Å². The Bertz CT molecular complexity index is 560. The third-order valence-electron chi connectivity index (χ3n) is 3.16. The summed E-state index contributed by atoms with van der Waals surface area (Å²) in [6, 6.07) is 14.3. The molecule has 0 heterocycles. The molecule has 0 aromatic heterocycles. The summed E-state index contributed by atoms with van der Waals surface area (Å²) < 4.78 is 19.0. The molecule has 2 aromatic carbocycles. The maximum atomic E-state index is 13.2. The Balaban J connectivity index is 2.13. The Morgan fingerprint density at radius 1 is 1.20 bits per heavy atom. The van der Waals surface area contributed by atoms with Gasteiger partial charge in [0.15, 0.2) is 0 Å². The number of benzene rings is 2. The second-order valence-electron chi connectivity index (χ2n) is 4.59. The van der Waals surface area contributed by atoms with E-state index in [9.17, 15) is 9.50 Å². The van der Waals surface area contributed by atoms with Crippen molar-refractivity contribution in [1.29, 1.82) is 0 Å². The van der Waals surface area contributed by atoms with Gasteiger partial charge in [0.25, 0.3) is 0 Å². The van der Waals surface area contributed by atoms with Crippen LogP contribution in [0.2, 0.25) is 0 Å². The molecule has 0 radical (unpaired) electrons. The van der Waals surface area contributed by atoms with Crippen LogP contribution in [-0.4, -0.2) is 18.3 Å². The summed E-state index contributed by atoms with van der Waals surface area (Å²) in [4.78, 5) is 0. The highest BCUT2D eigenvalue weighted by atomic mass is 79.9. The molecule has 0 aliphatic heterocycles. The number of methoxy groups -OCH3 is 1. The van der Waals surface area contributed by atoms with Crippen LogP contribution in [0.15, 0.2) is 53.0 Å². The van der Waals surface area contributed by atoms with Crippen molar-refractivity contribution in [3.63, 3.8) is 0 Å². The van der Waals surface area contributed by atoms with E-state index in [1.54, 1.807) is 19.2 Å². The molecule has 2 unspecified atom stereocenters. The minimum Gasteiger partial charge on any atom is -0.390 e. The third-order valence-corrected chi connectivity index (χ3v) is 3.77. The van der Waals surface area contributed by atoms with Crippen LogP contribution in [0, 0.1) is 5.82 Å². The first-order chi connectivity index (χ1) is 9.61. The van der Waals surface area contributed by atoms with E-state index in [2.05, 4.69) is 15.9 Å². The van der Waals surface area contributed by atoms with Gasteiger partial charge in [0.2, 0.25) is 0 Å². The number of ether oxygens (including phenoxy) is 1. The van der Waals surface area contributed by atoms with Crippen molar-refractivity contribution in [1.82, 2.24) is 0 Å². The fourth-order valence-corrected chi connectivity index (χ4v) is 2.60. The number of hydrogen-bond acceptors (Lipinski definition) is 2. The van der Waals surface area contributed by atoms with Gasteiger partial charge < -0.3 is 9.84 Å². The predicted molar refractivity (Wildman–Crippen MR) is 80.0 cm³/mol. The molecule has 0 amide bonds. The Hall–Kier alpha value is -1.23. The minimum absolute atomic E-state index is 0.311. The van der Waals surface area contributed by atoms with E-state index in [1.165, 1.54) is 6.07 Å². The van der Waals surface area contributed by atoms with Crippen molar-refractivity contribution < 1.29 is 14.2 Å². The summed E-state index contributed by atoms with van der Waals surface area (Å²) in [6.07, 6.45) is -0.702. The highest BCUT2D eigenvalue weighted by molar-refractivity contribution is 9.10. The predicted octanol–water partition coefficient (Wildman–Crippen LogP) is 3.88. The second kappa shape index (κ2) is 6.97. The van der Waals surface area contributed by atoms with Crippen LogP contribution in [0.5, 0.6) is 0 Å². The van der Waals surface area contributed by atoms with Gasteiger partial charge in [-0.05, 0) is 39.2 Å². The summed E-state index contributed by atoms with van der Waals surface area (Å²) in [5.74, 6) is -0.311. The molecule has 2 atom stereocenters. The molecule has 2 rings (SSSR count). The Morgan fingerprint density at radius 3 is 2.50 bits per heavy atom. The average molecular weight is 339 g/mol. The topological polar surface area (TPSA) is 29.5 Å². The largest absolute Gasteiger partial charge is 0.390 e. The second-order valence-corrected chi connectivity index (χ2v) is 5.44. The molecular weight excluding hydrogens is 323 g/mol. The molecule has 0 saturated heterocycles. The van der Waals surface area contributed by atoms with Gasteiger partial charge >= 0.3 is 0 Å². The number of aliphatic hydroxyl groups is 1. The first-order valence-electron chi connectivity index (χ1n) is 6.31. The van der Waals surface area contributed by atoms with Gasteiger partial charge in [0.1, 0.15) is 11.9 Å². The highest BCUT2D eigenvalue weighted by Gasteiger charge is 2.21. The van der Waals surface area contributed by atoms with E-state index >= 15 is 0 Å². The average Bonchev–Trinajstić information content (AvgIpc) is 2.45. The van der Waals surface area contributed by atoms with E-state index in [0.717, 1.165) is 11.1 Å². The third kappa shape index (κ3) is 3.66. The minimum atomic E-state index is -0.695. The number of hydrogen-bond donors (Lipinski definition) is 1. The van der Waals surface area contributed by atoms with Crippen LogP contribution in [0.1, 0.15) is 17.2 Å². The fraction of sp³-hybridized carbons (Fsp3) is 0.250. The van der Waals surface area contributed by atoms with Gasteiger partial charge in [-0.1, -0.05) is 36.4 Å². The van der Waals surface area contributed by atoms with Crippen LogP contribution < -0.4 is 0 Å². The van der Waals surface area contributed by atoms with E-state index in [0.29, 0.717) is 10.9 Å². The molecule has 0 aliphatic carbocycles. The zero-order valence-electron chi connectivity index (χ0n) is 11.1. The molecule has 0 aliphatic rings. The summed E-state index contributed by atoms with van der Waals surface area (Å²) in [5, 5.41) is 10.3. The molecule has 2 nitrogen and oxygen atoms in total. The standard InChI is InChI=1S/C16H16BrFO2/c1-20-16(12-5-3-2-4-6-12)15(19)10-11-7-8-14(18)13(17)9-11/h2-9,15-16,19H,10H2,1H3. The van der Waals surface area contributed by atoms with Crippen molar-refractivity contribution in [2.45, 2.75) is 18.6 Å². The van der Waals surface area contributed by atoms with Crippen LogP contribution in [-0.2, 0) is 11.2 Å². The van der Waals surface area contributed by atoms with Gasteiger partial charge in [0.05, 0.1) is 10.6 Å². The van der Waals surface area contributed by atoms with Crippen molar-refractivity contribution in [2.24, 2.45) is 0 Å². The normalized spacial score (nSPS) is 14.0. The Morgan fingerprint density at radius 2 is 1.90 bits per heavy atom. The highest BCUT2D eigenvalue weighted by Crippen LogP contribution is 2.24. The molecule has 0 bridgehead atoms. The van der Waals surface area contributed by atoms with E-state index in [-0.39, 0.29) is 5.82 Å². The van der Waals surface area contributed by atoms with Gasteiger partial charge in [-0.3, -0.25) is 0 Å². The van der Waals surface area contributed by atoms with Gasteiger partial charge in [-0.2, -0.15) is 0 Å². The van der Waals surface area contributed by atoms with Gasteiger partial charge in [0, 0.05) is 13.5 Å². The zero-order valence-corrected chi connectivity index (χ0v) is 12.7. The summed E-state index contributed by atoms with van der Waals surface area (Å²) in [5.41, 5.74) is 1.77. The van der Waals surface area contributed by atoms with Crippen molar-refractivity contribution in [3.8, 4) is 0 Å². The summed E-state index contributed by atoms with van der Waals surface area (Å²) in [7, 11) is 1.57. The molecule has 0 saturated carbocycles. The smallest absolute Gasteiger partial charge is 0.137 e. The summed E-state index contributed by atoms with van der Waals surface area (Å²) in [6.45, 7) is 0. The molecule has 0 fully saturated rings. The lowest BCUT2D eigenvalue weighted by atomic mass is 9.98. The first-order valence-corrected chi connectivity index (χ1v) is 7.11. The van der Waals surface area contributed by atoms with E-state index < -0.39 is 12.2 Å². The van der Waals surface area contributed by atoms with Crippen LogP contribution in [0.3, 0.4) is 0 Å². The lowest BCUT2D eigenvalue weighted by molar-refractivity contribution is -0.0128. The lowest BCUT2D eigenvalue weighted by Gasteiger charge is -2.22. The zero-order chi connectivity index (χ0) is 14.5. The van der Waals surface area contributed by atoms with Crippen molar-refractivity contribution in [3.05, 3.63) is 69.9 Å². The Labute approximate surface area is 126 Å². The van der Waals surface area contributed by atoms with Gasteiger partial charge in [-0.15, -0.1) is 0 Å². The van der Waals surface area contributed by atoms with Crippen LogP contribution >= 0.6 is 15.9 Å². The van der Waals surface area contributed by atoms with Crippen molar-refractivity contribution >= 4 is 15.9 Å². The number of halogens is 2. The SMILES string of the molecule is COC(c1ccccc1)C(O)Cc1ccc(F)c(Br)c1. The lowest BCUT2D eigenvalue weighted by Crippen LogP contribution is -2.22.